The van der Waals surface area contributed by atoms with Gasteiger partial charge in [0, 0.05) is 6.42 Å². The van der Waals surface area contributed by atoms with Crippen molar-refractivity contribution < 1.29 is 28.7 Å². The number of benzene rings is 1. The fraction of sp³-hybridized carbons (Fsp3) is 0.333. The molecular weight excluding hydrogens is 304 g/mol. The Labute approximate surface area is 132 Å². The van der Waals surface area contributed by atoms with Gasteiger partial charge in [0.05, 0.1) is 13.0 Å². The third-order valence-corrected chi connectivity index (χ3v) is 3.35. The maximum Gasteiger partial charge on any atom is 0.408 e. The smallest absolute Gasteiger partial charge is 0.408 e. The molecule has 122 valence electrons. The van der Waals surface area contributed by atoms with Crippen LogP contribution in [0.3, 0.4) is 0 Å². The minimum absolute atomic E-state index is 0.0103. The van der Waals surface area contributed by atoms with Crippen molar-refractivity contribution in [1.29, 1.82) is 0 Å². The first-order valence-electron chi connectivity index (χ1n) is 6.90. The highest BCUT2D eigenvalue weighted by atomic mass is 16.6. The molecule has 3 amide bonds. The highest BCUT2D eigenvalue weighted by Crippen LogP contribution is 2.17. The molecule has 8 nitrogen and oxygen atoms in total. The first-order valence-corrected chi connectivity index (χ1v) is 6.90. The van der Waals surface area contributed by atoms with Gasteiger partial charge in [-0.25, -0.2) is 9.59 Å². The summed E-state index contributed by atoms with van der Waals surface area (Å²) in [6.45, 7) is 0.0103. The van der Waals surface area contributed by atoms with Crippen LogP contribution in [0.2, 0.25) is 0 Å². The Kier molecular flexibility index (Phi) is 5.29. The minimum Gasteiger partial charge on any atom is -0.467 e. The number of imide groups is 1. The monoisotopic (exact) mass is 320 g/mol. The van der Waals surface area contributed by atoms with E-state index >= 15 is 0 Å². The van der Waals surface area contributed by atoms with Gasteiger partial charge >= 0.3 is 12.1 Å². The molecule has 1 aromatic carbocycles. The van der Waals surface area contributed by atoms with Crippen molar-refractivity contribution in [3.8, 4) is 0 Å². The van der Waals surface area contributed by atoms with Gasteiger partial charge in [0.15, 0.2) is 0 Å². The molecule has 1 saturated heterocycles. The Morgan fingerprint density at radius 2 is 2.00 bits per heavy atom. The number of esters is 1. The van der Waals surface area contributed by atoms with Crippen LogP contribution in [0, 0.1) is 5.92 Å². The van der Waals surface area contributed by atoms with E-state index in [2.05, 4.69) is 15.4 Å². The van der Waals surface area contributed by atoms with Crippen molar-refractivity contribution in [2.24, 2.45) is 5.92 Å². The van der Waals surface area contributed by atoms with E-state index in [-0.39, 0.29) is 13.0 Å². The number of hydrogen-bond donors (Lipinski definition) is 2. The average molecular weight is 320 g/mol. The van der Waals surface area contributed by atoms with Crippen molar-refractivity contribution >= 4 is 23.9 Å². The second-order valence-corrected chi connectivity index (χ2v) is 4.93. The van der Waals surface area contributed by atoms with Crippen LogP contribution >= 0.6 is 0 Å². The number of nitrogens with one attached hydrogen (secondary N) is 2. The zero-order valence-corrected chi connectivity index (χ0v) is 12.4. The lowest BCUT2D eigenvalue weighted by atomic mass is 9.98. The molecule has 0 bridgehead atoms. The Morgan fingerprint density at radius 1 is 1.30 bits per heavy atom. The minimum atomic E-state index is -1.28. The lowest BCUT2D eigenvalue weighted by Crippen LogP contribution is -2.48. The van der Waals surface area contributed by atoms with Crippen LogP contribution in [0.1, 0.15) is 12.0 Å². The maximum atomic E-state index is 11.8. The summed E-state index contributed by atoms with van der Waals surface area (Å²) in [5.41, 5.74) is 0.769. The van der Waals surface area contributed by atoms with Crippen molar-refractivity contribution in [2.75, 3.05) is 7.11 Å². The first-order chi connectivity index (χ1) is 11.0. The molecule has 1 aliphatic rings. The van der Waals surface area contributed by atoms with Crippen LogP contribution in [0.15, 0.2) is 30.3 Å². The van der Waals surface area contributed by atoms with Gasteiger partial charge < -0.3 is 14.8 Å². The third kappa shape index (κ3) is 4.29. The highest BCUT2D eigenvalue weighted by Gasteiger charge is 2.42. The van der Waals surface area contributed by atoms with Crippen LogP contribution in [0.25, 0.3) is 0 Å². The zero-order chi connectivity index (χ0) is 16.8. The summed E-state index contributed by atoms with van der Waals surface area (Å²) >= 11 is 0. The Balaban J connectivity index is 1.97. The van der Waals surface area contributed by atoms with Gasteiger partial charge in [-0.3, -0.25) is 14.9 Å². The molecule has 0 spiro atoms. The van der Waals surface area contributed by atoms with Gasteiger partial charge in [0.25, 0.3) is 0 Å². The second-order valence-electron chi connectivity index (χ2n) is 4.93. The maximum absolute atomic E-state index is 11.8. The molecule has 0 aromatic heterocycles. The lowest BCUT2D eigenvalue weighted by Gasteiger charge is -2.19. The van der Waals surface area contributed by atoms with Gasteiger partial charge in [-0.2, -0.15) is 0 Å². The largest absolute Gasteiger partial charge is 0.467 e. The molecule has 2 unspecified atom stereocenters. The number of hydrogen-bond acceptors (Lipinski definition) is 6. The van der Waals surface area contributed by atoms with Crippen molar-refractivity contribution in [3.05, 3.63) is 35.9 Å². The molecule has 1 aromatic rings. The number of ether oxygens (including phenoxy) is 2. The van der Waals surface area contributed by atoms with Gasteiger partial charge in [0.1, 0.15) is 12.6 Å². The van der Waals surface area contributed by atoms with Crippen LogP contribution in [-0.4, -0.2) is 37.0 Å². The second kappa shape index (κ2) is 7.39. The molecule has 2 N–H and O–H groups in total. The van der Waals surface area contributed by atoms with Crippen molar-refractivity contribution in [3.63, 3.8) is 0 Å². The predicted octanol–water partition coefficient (Wildman–Crippen LogP) is 0.117. The molecule has 1 heterocycles. The summed E-state index contributed by atoms with van der Waals surface area (Å²) in [7, 11) is 1.13. The normalized spacial score (nSPS) is 18.0. The topological polar surface area (TPSA) is 111 Å². The third-order valence-electron chi connectivity index (χ3n) is 3.35. The fourth-order valence-corrected chi connectivity index (χ4v) is 2.19. The van der Waals surface area contributed by atoms with E-state index in [1.807, 2.05) is 6.07 Å². The molecule has 0 aliphatic carbocycles. The SMILES string of the molecule is COC(=O)C(NC(=O)OCc1ccccc1)C1CC(=O)NC1=O. The molecule has 2 atom stereocenters. The molecule has 1 aliphatic heterocycles. The highest BCUT2D eigenvalue weighted by molar-refractivity contribution is 6.06. The molecule has 23 heavy (non-hydrogen) atoms. The van der Waals surface area contributed by atoms with E-state index in [9.17, 15) is 19.2 Å². The number of rotatable bonds is 5. The number of amides is 3. The van der Waals surface area contributed by atoms with E-state index in [1.54, 1.807) is 24.3 Å². The van der Waals surface area contributed by atoms with E-state index < -0.39 is 35.8 Å². The quantitative estimate of drug-likeness (QED) is 0.589. The zero-order valence-electron chi connectivity index (χ0n) is 12.4. The standard InChI is InChI=1S/C15H16N2O6/c1-22-14(20)12(10-7-11(18)16-13(10)19)17-15(21)23-8-9-5-3-2-4-6-9/h2-6,10,12H,7-8H2,1H3,(H,17,21)(H,16,18,19). The number of carbonyl (C=O) groups is 4. The molecule has 8 heteroatoms. The van der Waals surface area contributed by atoms with Gasteiger partial charge in [-0.15, -0.1) is 0 Å². The molecular formula is C15H16N2O6. The Bertz CT molecular complexity index is 616. The van der Waals surface area contributed by atoms with E-state index in [0.717, 1.165) is 12.7 Å². The molecule has 2 rings (SSSR count). The van der Waals surface area contributed by atoms with E-state index in [4.69, 9.17) is 4.74 Å². The van der Waals surface area contributed by atoms with Crippen LogP contribution in [0.4, 0.5) is 4.79 Å². The van der Waals surface area contributed by atoms with Crippen molar-refractivity contribution in [2.45, 2.75) is 19.1 Å². The number of alkyl carbamates (subject to hydrolysis) is 1. The van der Waals surface area contributed by atoms with Crippen molar-refractivity contribution in [1.82, 2.24) is 10.6 Å². The Morgan fingerprint density at radius 3 is 2.57 bits per heavy atom. The summed E-state index contributed by atoms with van der Waals surface area (Å²) in [6, 6.07) is 7.68. The van der Waals surface area contributed by atoms with E-state index in [0.29, 0.717) is 0 Å². The molecule has 0 saturated carbocycles. The lowest BCUT2D eigenvalue weighted by molar-refractivity contribution is -0.146. The average Bonchev–Trinajstić information content (AvgIpc) is 2.89. The van der Waals surface area contributed by atoms with Gasteiger partial charge in [0.2, 0.25) is 11.8 Å². The summed E-state index contributed by atoms with van der Waals surface area (Å²) in [5, 5.41) is 4.36. The first kappa shape index (κ1) is 16.5. The molecule has 0 radical (unpaired) electrons. The number of carbonyl (C=O) groups excluding carboxylic acids is 4. The summed E-state index contributed by atoms with van der Waals surface area (Å²) in [4.78, 5) is 46.5. The molecule has 1 fully saturated rings. The van der Waals surface area contributed by atoms with Gasteiger partial charge in [-0.05, 0) is 5.56 Å². The van der Waals surface area contributed by atoms with E-state index in [1.165, 1.54) is 0 Å². The fourth-order valence-electron chi connectivity index (χ4n) is 2.19. The van der Waals surface area contributed by atoms with Gasteiger partial charge in [-0.1, -0.05) is 30.3 Å². The summed E-state index contributed by atoms with van der Waals surface area (Å²) < 4.78 is 9.57. The Hall–Kier alpha value is -2.90. The predicted molar refractivity (Wildman–Crippen MR) is 76.8 cm³/mol. The summed E-state index contributed by atoms with van der Waals surface area (Å²) in [6.07, 6.45) is -1.08. The van der Waals surface area contributed by atoms with Crippen LogP contribution in [0.5, 0.6) is 0 Å². The summed E-state index contributed by atoms with van der Waals surface area (Å²) in [5.74, 6) is -2.97. The van der Waals surface area contributed by atoms with Crippen LogP contribution in [-0.2, 0) is 30.5 Å². The van der Waals surface area contributed by atoms with Crippen LogP contribution < -0.4 is 10.6 Å². The number of methoxy groups -OCH3 is 1.